The molecule has 0 N–H and O–H groups in total. The van der Waals surface area contributed by atoms with Gasteiger partial charge < -0.3 is 0 Å². The fraction of sp³-hybridized carbons (Fsp3) is 0.0909. The Hall–Kier alpha value is -0.840. The van der Waals surface area contributed by atoms with Gasteiger partial charge in [-0.25, -0.2) is 14.4 Å². The molecule has 0 bridgehead atoms. The molecule has 2 rings (SSSR count). The third kappa shape index (κ3) is 3.09. The van der Waals surface area contributed by atoms with Crippen molar-refractivity contribution in [2.75, 3.05) is 0 Å². The maximum Gasteiger partial charge on any atom is 0.224 e. The van der Waals surface area contributed by atoms with Crippen LogP contribution in [0.3, 0.4) is 0 Å². The smallest absolute Gasteiger partial charge is 0.221 e. The number of aromatic nitrogens is 2. The van der Waals surface area contributed by atoms with Gasteiger partial charge in [0.25, 0.3) is 0 Å². The van der Waals surface area contributed by atoms with Gasteiger partial charge in [0.15, 0.2) is 0 Å². The molecule has 6 heteroatoms. The minimum absolute atomic E-state index is 0.0636. The van der Waals surface area contributed by atoms with Crippen LogP contribution < -0.4 is 0 Å². The Morgan fingerprint density at radius 3 is 2.35 bits per heavy atom. The molecule has 0 saturated heterocycles. The van der Waals surface area contributed by atoms with Crippen molar-refractivity contribution in [3.05, 3.63) is 57.8 Å². The van der Waals surface area contributed by atoms with Gasteiger partial charge in [-0.1, -0.05) is 23.7 Å². The van der Waals surface area contributed by atoms with Gasteiger partial charge in [0.2, 0.25) is 5.28 Å². The minimum atomic E-state index is -0.325. The summed E-state index contributed by atoms with van der Waals surface area (Å²) in [6, 6.07) is 7.58. The first-order chi connectivity index (χ1) is 8.06. The van der Waals surface area contributed by atoms with Gasteiger partial charge in [-0.05, 0) is 35.4 Å². The van der Waals surface area contributed by atoms with E-state index in [9.17, 15) is 4.39 Å². The molecule has 0 fully saturated rings. The van der Waals surface area contributed by atoms with Crippen LogP contribution in [-0.4, -0.2) is 9.97 Å². The quantitative estimate of drug-likeness (QED) is 0.515. The molecule has 0 aliphatic rings. The third-order valence-corrected chi connectivity index (χ3v) is 3.08. The molecular formula is C11H7Cl2FN2S. The lowest BCUT2D eigenvalue weighted by atomic mass is 10.1. The molecular weight excluding hydrogens is 282 g/mol. The number of benzene rings is 1. The fourth-order valence-corrected chi connectivity index (χ4v) is 2.09. The Labute approximate surface area is 113 Å². The largest absolute Gasteiger partial charge is 0.224 e. The lowest BCUT2D eigenvalue weighted by molar-refractivity contribution is 0.627. The van der Waals surface area contributed by atoms with Crippen molar-refractivity contribution in [1.82, 2.24) is 9.97 Å². The van der Waals surface area contributed by atoms with Crippen LogP contribution >= 0.6 is 35.8 Å². The van der Waals surface area contributed by atoms with Crippen LogP contribution in [0.15, 0.2) is 30.3 Å². The van der Waals surface area contributed by atoms with E-state index in [4.69, 9.17) is 23.2 Å². The maximum absolute atomic E-state index is 12.8. The summed E-state index contributed by atoms with van der Waals surface area (Å²) in [5.41, 5.74) is 1.38. The van der Waals surface area contributed by atoms with Crippen LogP contribution in [-0.2, 0) is 0 Å². The van der Waals surface area contributed by atoms with Gasteiger partial charge in [0.05, 0.1) is 10.9 Å². The highest BCUT2D eigenvalue weighted by Gasteiger charge is 2.13. The normalized spacial score (nSPS) is 12.5. The molecule has 17 heavy (non-hydrogen) atoms. The number of thiol groups is 1. The van der Waals surface area contributed by atoms with Crippen LogP contribution in [0.4, 0.5) is 4.39 Å². The van der Waals surface area contributed by atoms with E-state index in [1.54, 1.807) is 18.2 Å². The van der Waals surface area contributed by atoms with E-state index in [0.717, 1.165) is 5.56 Å². The number of hydrogen-bond acceptors (Lipinski definition) is 3. The second-order valence-electron chi connectivity index (χ2n) is 3.34. The van der Waals surface area contributed by atoms with E-state index in [-0.39, 0.29) is 21.5 Å². The SMILES string of the molecule is Fc1ccc(C(S)c2cc(Cl)nc(Cl)n2)cc1. The van der Waals surface area contributed by atoms with E-state index in [1.807, 2.05) is 0 Å². The van der Waals surface area contributed by atoms with E-state index in [0.29, 0.717) is 5.69 Å². The summed E-state index contributed by atoms with van der Waals surface area (Å²) < 4.78 is 12.8. The van der Waals surface area contributed by atoms with Gasteiger partial charge in [0, 0.05) is 0 Å². The summed E-state index contributed by atoms with van der Waals surface area (Å²) in [6.45, 7) is 0. The van der Waals surface area contributed by atoms with E-state index in [1.165, 1.54) is 12.1 Å². The molecule has 1 aromatic heterocycles. The summed E-state index contributed by atoms with van der Waals surface area (Å²) in [6.07, 6.45) is 0. The highest BCUT2D eigenvalue weighted by molar-refractivity contribution is 7.80. The predicted octanol–water partition coefficient (Wildman–Crippen LogP) is 3.94. The van der Waals surface area contributed by atoms with Crippen molar-refractivity contribution >= 4 is 35.8 Å². The average molecular weight is 289 g/mol. The van der Waals surface area contributed by atoms with Crippen molar-refractivity contribution in [3.63, 3.8) is 0 Å². The molecule has 0 amide bonds. The highest BCUT2D eigenvalue weighted by atomic mass is 35.5. The summed E-state index contributed by atoms with van der Waals surface area (Å²) >= 11 is 15.9. The molecule has 0 spiro atoms. The van der Waals surface area contributed by atoms with Crippen LogP contribution in [0, 0.1) is 5.82 Å². The topological polar surface area (TPSA) is 25.8 Å². The number of nitrogens with zero attached hydrogens (tertiary/aromatic N) is 2. The van der Waals surface area contributed by atoms with Crippen molar-refractivity contribution in [2.45, 2.75) is 5.25 Å². The van der Waals surface area contributed by atoms with E-state index >= 15 is 0 Å². The molecule has 0 radical (unpaired) electrons. The fourth-order valence-electron chi connectivity index (χ4n) is 1.36. The zero-order valence-corrected chi connectivity index (χ0v) is 10.8. The Balaban J connectivity index is 2.36. The summed E-state index contributed by atoms with van der Waals surface area (Å²) in [4.78, 5) is 7.78. The predicted molar refractivity (Wildman–Crippen MR) is 69.3 cm³/mol. The van der Waals surface area contributed by atoms with Crippen molar-refractivity contribution in [3.8, 4) is 0 Å². The summed E-state index contributed by atoms with van der Waals surface area (Å²) in [5, 5.41) is -0.0107. The molecule has 1 atom stereocenters. The molecule has 0 aliphatic heterocycles. The molecule has 88 valence electrons. The van der Waals surface area contributed by atoms with Crippen LogP contribution in [0.25, 0.3) is 0 Å². The standard InChI is InChI=1S/C11H7Cl2FN2S/c12-9-5-8(15-11(13)16-9)10(17)6-1-3-7(14)4-2-6/h1-5,10,17H. The Bertz CT molecular complexity index is 513. The Morgan fingerprint density at radius 2 is 1.76 bits per heavy atom. The van der Waals surface area contributed by atoms with Gasteiger partial charge in [-0.2, -0.15) is 12.6 Å². The average Bonchev–Trinajstić information content (AvgIpc) is 2.28. The monoisotopic (exact) mass is 288 g/mol. The summed E-state index contributed by atoms with van der Waals surface area (Å²) in [5.74, 6) is -0.298. The van der Waals surface area contributed by atoms with Gasteiger partial charge in [-0.3, -0.25) is 0 Å². The lowest BCUT2D eigenvalue weighted by Gasteiger charge is -2.10. The van der Waals surface area contributed by atoms with Gasteiger partial charge in [-0.15, -0.1) is 0 Å². The molecule has 1 heterocycles. The number of halogens is 3. The zero-order valence-electron chi connectivity index (χ0n) is 8.44. The number of hydrogen-bond donors (Lipinski definition) is 1. The first-order valence-corrected chi connectivity index (χ1v) is 5.97. The van der Waals surface area contributed by atoms with Crippen molar-refractivity contribution in [2.24, 2.45) is 0 Å². The molecule has 0 aliphatic carbocycles. The second kappa shape index (κ2) is 5.21. The van der Waals surface area contributed by atoms with Crippen LogP contribution in [0.2, 0.25) is 10.4 Å². The van der Waals surface area contributed by atoms with Gasteiger partial charge in [0.1, 0.15) is 11.0 Å². The third-order valence-electron chi connectivity index (χ3n) is 2.15. The van der Waals surface area contributed by atoms with Crippen molar-refractivity contribution < 1.29 is 4.39 Å². The zero-order chi connectivity index (χ0) is 12.4. The van der Waals surface area contributed by atoms with Crippen LogP contribution in [0.5, 0.6) is 0 Å². The first-order valence-electron chi connectivity index (χ1n) is 4.70. The van der Waals surface area contributed by atoms with E-state index in [2.05, 4.69) is 22.6 Å². The molecule has 2 nitrogen and oxygen atoms in total. The van der Waals surface area contributed by atoms with Crippen molar-refractivity contribution in [1.29, 1.82) is 0 Å². The first kappa shape index (κ1) is 12.6. The Morgan fingerprint density at radius 1 is 1.12 bits per heavy atom. The summed E-state index contributed by atoms with van der Waals surface area (Å²) in [7, 11) is 0. The van der Waals surface area contributed by atoms with Gasteiger partial charge >= 0.3 is 0 Å². The maximum atomic E-state index is 12.8. The molecule has 2 aromatic rings. The Kier molecular flexibility index (Phi) is 3.86. The molecule has 1 unspecified atom stereocenters. The molecule has 0 saturated carbocycles. The van der Waals surface area contributed by atoms with Crippen LogP contribution in [0.1, 0.15) is 16.5 Å². The minimum Gasteiger partial charge on any atom is -0.221 e. The number of rotatable bonds is 2. The molecule has 1 aromatic carbocycles. The second-order valence-corrected chi connectivity index (χ2v) is 4.58. The highest BCUT2D eigenvalue weighted by Crippen LogP contribution is 2.28. The lowest BCUT2D eigenvalue weighted by Crippen LogP contribution is -1.99. The van der Waals surface area contributed by atoms with E-state index < -0.39 is 0 Å².